The van der Waals surface area contributed by atoms with Gasteiger partial charge in [0, 0.05) is 55.6 Å². The van der Waals surface area contributed by atoms with Gasteiger partial charge in [0.15, 0.2) is 0 Å². The van der Waals surface area contributed by atoms with Gasteiger partial charge in [0.1, 0.15) is 0 Å². The normalized spacial score (nSPS) is 22.3. The Balaban J connectivity index is 1.48. The number of nitrogens with one attached hydrogen (secondary N) is 1. The van der Waals surface area contributed by atoms with Crippen molar-refractivity contribution in [3.63, 3.8) is 0 Å². The highest BCUT2D eigenvalue weighted by Gasteiger charge is 2.36. The Hall–Kier alpha value is -3.69. The summed E-state index contributed by atoms with van der Waals surface area (Å²) in [6, 6.07) is 11.2. The summed E-state index contributed by atoms with van der Waals surface area (Å²) in [5.74, 6) is 5.66. The van der Waals surface area contributed by atoms with E-state index in [4.69, 9.17) is 11.6 Å². The molecule has 2 unspecified atom stereocenters. The molecule has 3 aromatic heterocycles. The van der Waals surface area contributed by atoms with Crippen LogP contribution in [-0.2, 0) is 7.05 Å². The standard InChI is InChI=1S/C26H30N8O/c1-32(28)14-21(27)23-8-4-16(12-29-23)15-3-7-22-20(9-15)25-24(13-30-22)33(2)26(35)34(25)19-10-17-5-6-18(11-19)31-17/h3-4,7-9,12-14,17-19,31H,5-6,10-11,27-28H2,1-2H3/b21-14-. The van der Waals surface area contributed by atoms with Gasteiger partial charge in [-0.1, -0.05) is 12.1 Å². The number of imidazole rings is 1. The molecule has 2 atom stereocenters. The first-order valence-corrected chi connectivity index (χ1v) is 12.1. The monoisotopic (exact) mass is 470 g/mol. The predicted octanol–water partition coefficient (Wildman–Crippen LogP) is 2.47. The number of hydrazine groups is 1. The Bertz CT molecular complexity index is 1500. The van der Waals surface area contributed by atoms with E-state index in [2.05, 4.69) is 21.4 Å². The molecule has 2 aliphatic heterocycles. The molecule has 9 heteroatoms. The van der Waals surface area contributed by atoms with E-state index in [1.807, 2.05) is 48.3 Å². The van der Waals surface area contributed by atoms with Gasteiger partial charge in [0.25, 0.3) is 0 Å². The average molecular weight is 471 g/mol. The lowest BCUT2D eigenvalue weighted by molar-refractivity contribution is 0.298. The Kier molecular flexibility index (Phi) is 5.12. The summed E-state index contributed by atoms with van der Waals surface area (Å²) in [7, 11) is 3.55. The zero-order valence-corrected chi connectivity index (χ0v) is 20.0. The van der Waals surface area contributed by atoms with Crippen LogP contribution < -0.4 is 22.6 Å². The number of rotatable bonds is 4. The third-order valence-corrected chi connectivity index (χ3v) is 7.46. The van der Waals surface area contributed by atoms with Gasteiger partial charge in [-0.05, 0) is 49.4 Å². The molecule has 5 heterocycles. The van der Waals surface area contributed by atoms with Crippen LogP contribution in [0.5, 0.6) is 0 Å². The Morgan fingerprint density at radius 3 is 2.54 bits per heavy atom. The van der Waals surface area contributed by atoms with Crippen LogP contribution in [0, 0.1) is 0 Å². The molecule has 1 aromatic carbocycles. The Morgan fingerprint density at radius 1 is 1.11 bits per heavy atom. The minimum absolute atomic E-state index is 0.0316. The number of piperidine rings is 1. The maximum Gasteiger partial charge on any atom is 0.329 e. The number of pyridine rings is 2. The lowest BCUT2D eigenvalue weighted by Crippen LogP contribution is -2.41. The van der Waals surface area contributed by atoms with Crippen LogP contribution in [0.25, 0.3) is 38.8 Å². The van der Waals surface area contributed by atoms with E-state index in [9.17, 15) is 4.79 Å². The fourth-order valence-electron chi connectivity index (χ4n) is 5.80. The molecule has 0 radical (unpaired) electrons. The summed E-state index contributed by atoms with van der Waals surface area (Å²) in [6.07, 6.45) is 9.61. The number of benzene rings is 1. The highest BCUT2D eigenvalue weighted by Crippen LogP contribution is 2.37. The molecule has 9 nitrogen and oxygen atoms in total. The molecule has 2 aliphatic rings. The number of aryl methyl sites for hydroxylation is 1. The van der Waals surface area contributed by atoms with Gasteiger partial charge in [-0.3, -0.25) is 19.1 Å². The van der Waals surface area contributed by atoms with Crippen LogP contribution in [0.2, 0.25) is 0 Å². The molecular formula is C26H30N8O. The van der Waals surface area contributed by atoms with E-state index < -0.39 is 0 Å². The number of hydrogen-bond donors (Lipinski definition) is 3. The minimum Gasteiger partial charge on any atom is -0.396 e. The number of aromatic nitrogens is 4. The predicted molar refractivity (Wildman–Crippen MR) is 138 cm³/mol. The highest BCUT2D eigenvalue weighted by atomic mass is 16.1. The highest BCUT2D eigenvalue weighted by molar-refractivity contribution is 6.04. The molecule has 180 valence electrons. The first-order chi connectivity index (χ1) is 16.9. The molecule has 2 bridgehead atoms. The Labute approximate surface area is 203 Å². The summed E-state index contributed by atoms with van der Waals surface area (Å²) < 4.78 is 3.77. The van der Waals surface area contributed by atoms with Crippen LogP contribution in [0.4, 0.5) is 0 Å². The van der Waals surface area contributed by atoms with Crippen molar-refractivity contribution in [1.82, 2.24) is 29.4 Å². The van der Waals surface area contributed by atoms with E-state index in [1.54, 1.807) is 17.8 Å². The van der Waals surface area contributed by atoms with Gasteiger partial charge < -0.3 is 16.1 Å². The van der Waals surface area contributed by atoms with Gasteiger partial charge in [0.2, 0.25) is 0 Å². The number of fused-ring (bicyclic) bond motifs is 5. The molecule has 2 fully saturated rings. The summed E-state index contributed by atoms with van der Waals surface area (Å²) in [6.45, 7) is 0. The van der Waals surface area contributed by atoms with Crippen LogP contribution in [0.3, 0.4) is 0 Å². The van der Waals surface area contributed by atoms with E-state index in [-0.39, 0.29) is 11.7 Å². The molecule has 0 saturated carbocycles. The van der Waals surface area contributed by atoms with Gasteiger partial charge in [-0.25, -0.2) is 10.6 Å². The van der Waals surface area contributed by atoms with Crippen molar-refractivity contribution in [2.75, 3.05) is 7.05 Å². The summed E-state index contributed by atoms with van der Waals surface area (Å²) in [5, 5.41) is 6.08. The number of nitrogens with zero attached hydrogens (tertiary/aromatic N) is 5. The fraction of sp³-hybridized carbons (Fsp3) is 0.346. The molecule has 6 rings (SSSR count). The Morgan fingerprint density at radius 2 is 1.86 bits per heavy atom. The van der Waals surface area contributed by atoms with Gasteiger partial charge >= 0.3 is 5.69 Å². The van der Waals surface area contributed by atoms with Crippen molar-refractivity contribution in [1.29, 1.82) is 0 Å². The topological polar surface area (TPSA) is 120 Å². The smallest absolute Gasteiger partial charge is 0.329 e. The van der Waals surface area contributed by atoms with Crippen LogP contribution in [-0.4, -0.2) is 43.2 Å². The second kappa shape index (κ2) is 8.21. The van der Waals surface area contributed by atoms with Gasteiger partial charge in [0.05, 0.1) is 34.1 Å². The zero-order chi connectivity index (χ0) is 24.3. The van der Waals surface area contributed by atoms with Crippen LogP contribution >= 0.6 is 0 Å². The molecular weight excluding hydrogens is 440 g/mol. The second-order valence-corrected chi connectivity index (χ2v) is 9.88. The molecule has 0 aliphatic carbocycles. The maximum absolute atomic E-state index is 13.4. The zero-order valence-electron chi connectivity index (χ0n) is 20.0. The summed E-state index contributed by atoms with van der Waals surface area (Å²) >= 11 is 0. The lowest BCUT2D eigenvalue weighted by atomic mass is 9.99. The molecule has 35 heavy (non-hydrogen) atoms. The van der Waals surface area contributed by atoms with E-state index in [0.29, 0.717) is 23.5 Å². The van der Waals surface area contributed by atoms with E-state index in [0.717, 1.165) is 45.9 Å². The summed E-state index contributed by atoms with van der Waals surface area (Å²) in [4.78, 5) is 22.6. The molecule has 5 N–H and O–H groups in total. The van der Waals surface area contributed by atoms with Crippen molar-refractivity contribution in [2.45, 2.75) is 43.8 Å². The van der Waals surface area contributed by atoms with Gasteiger partial charge in [-0.15, -0.1) is 0 Å². The third kappa shape index (κ3) is 3.67. The molecule has 0 spiro atoms. The summed E-state index contributed by atoms with van der Waals surface area (Å²) in [5.41, 5.74) is 12.0. The molecule has 4 aromatic rings. The largest absolute Gasteiger partial charge is 0.396 e. The first kappa shape index (κ1) is 21.8. The van der Waals surface area contributed by atoms with Crippen LogP contribution in [0.1, 0.15) is 37.4 Å². The van der Waals surface area contributed by atoms with Gasteiger partial charge in [-0.2, -0.15) is 0 Å². The van der Waals surface area contributed by atoms with Crippen molar-refractivity contribution < 1.29 is 0 Å². The molecule has 2 saturated heterocycles. The van der Waals surface area contributed by atoms with E-state index >= 15 is 0 Å². The second-order valence-electron chi connectivity index (χ2n) is 9.88. The molecule has 0 amide bonds. The van der Waals surface area contributed by atoms with Crippen molar-refractivity contribution in [3.8, 4) is 11.1 Å². The minimum atomic E-state index is 0.0316. The van der Waals surface area contributed by atoms with Crippen molar-refractivity contribution in [3.05, 3.63) is 65.1 Å². The number of nitrogens with two attached hydrogens (primary N) is 2. The lowest BCUT2D eigenvalue weighted by Gasteiger charge is -2.30. The SMILES string of the molecule is CN(N)/C=C(\N)c1ccc(-c2ccc3ncc4c(c3c2)n(C2CC3CCC(C2)N3)c(=O)n4C)cn1. The van der Waals surface area contributed by atoms with Crippen molar-refractivity contribution >= 4 is 27.6 Å². The van der Waals surface area contributed by atoms with Crippen molar-refractivity contribution in [2.24, 2.45) is 18.6 Å². The fourth-order valence-corrected chi connectivity index (χ4v) is 5.80. The first-order valence-electron chi connectivity index (χ1n) is 12.1. The third-order valence-electron chi connectivity index (χ3n) is 7.46. The van der Waals surface area contributed by atoms with Crippen LogP contribution in [0.15, 0.2) is 53.7 Å². The quantitative estimate of drug-likeness (QED) is 0.310. The number of hydrogen-bond acceptors (Lipinski definition) is 7. The van der Waals surface area contributed by atoms with E-state index in [1.165, 1.54) is 17.9 Å². The average Bonchev–Trinajstić information content (AvgIpc) is 3.33. The maximum atomic E-state index is 13.4.